The van der Waals surface area contributed by atoms with Gasteiger partial charge in [0.1, 0.15) is 11.6 Å². The van der Waals surface area contributed by atoms with Gasteiger partial charge in [0, 0.05) is 10.9 Å². The molecule has 2 N–H and O–H groups in total. The quantitative estimate of drug-likeness (QED) is 0.917. The van der Waals surface area contributed by atoms with E-state index in [0.717, 1.165) is 16.2 Å². The first kappa shape index (κ1) is 13.9. The third-order valence-corrected chi connectivity index (χ3v) is 3.87. The predicted molar refractivity (Wildman–Crippen MR) is 76.1 cm³/mol. The van der Waals surface area contributed by atoms with E-state index in [1.165, 1.54) is 17.8 Å². The SMILES string of the molecule is COc1cccc(Sc2c(F)cccc2[C@@H](C)N)c1. The molecule has 0 saturated carbocycles. The van der Waals surface area contributed by atoms with Crippen molar-refractivity contribution in [2.75, 3.05) is 7.11 Å². The molecule has 19 heavy (non-hydrogen) atoms. The molecule has 0 fully saturated rings. The van der Waals surface area contributed by atoms with Crippen LogP contribution in [0.4, 0.5) is 4.39 Å². The number of halogens is 1. The Morgan fingerprint density at radius 1 is 1.21 bits per heavy atom. The summed E-state index contributed by atoms with van der Waals surface area (Å²) in [7, 11) is 1.61. The maximum Gasteiger partial charge on any atom is 0.137 e. The number of nitrogens with two attached hydrogens (primary N) is 1. The monoisotopic (exact) mass is 277 g/mol. The molecule has 100 valence electrons. The van der Waals surface area contributed by atoms with Crippen molar-refractivity contribution < 1.29 is 9.13 Å². The summed E-state index contributed by atoms with van der Waals surface area (Å²) < 4.78 is 19.1. The lowest BCUT2D eigenvalue weighted by Crippen LogP contribution is -2.07. The predicted octanol–water partition coefficient (Wildman–Crippen LogP) is 4.01. The average Bonchev–Trinajstić information content (AvgIpc) is 2.41. The molecule has 0 radical (unpaired) electrons. The van der Waals surface area contributed by atoms with Crippen LogP contribution in [0.3, 0.4) is 0 Å². The molecule has 0 unspecified atom stereocenters. The summed E-state index contributed by atoms with van der Waals surface area (Å²) in [6.45, 7) is 1.85. The molecule has 2 nitrogen and oxygen atoms in total. The zero-order valence-corrected chi connectivity index (χ0v) is 11.7. The maximum atomic E-state index is 14.0. The van der Waals surface area contributed by atoms with Crippen molar-refractivity contribution in [1.82, 2.24) is 0 Å². The second-order valence-electron chi connectivity index (χ2n) is 4.23. The molecule has 0 spiro atoms. The summed E-state index contributed by atoms with van der Waals surface area (Å²) >= 11 is 1.36. The van der Waals surface area contributed by atoms with E-state index in [4.69, 9.17) is 10.5 Å². The van der Waals surface area contributed by atoms with Crippen LogP contribution in [-0.2, 0) is 0 Å². The average molecular weight is 277 g/mol. The number of hydrogen-bond acceptors (Lipinski definition) is 3. The van der Waals surface area contributed by atoms with Crippen LogP contribution >= 0.6 is 11.8 Å². The summed E-state index contributed by atoms with van der Waals surface area (Å²) in [4.78, 5) is 1.50. The Morgan fingerprint density at radius 3 is 2.63 bits per heavy atom. The molecule has 0 aromatic heterocycles. The van der Waals surface area contributed by atoms with Crippen molar-refractivity contribution in [3.8, 4) is 5.75 Å². The van der Waals surface area contributed by atoms with Gasteiger partial charge in [-0.05, 0) is 36.8 Å². The summed E-state index contributed by atoms with van der Waals surface area (Å²) in [6, 6.07) is 12.3. The summed E-state index contributed by atoms with van der Waals surface area (Å²) in [5.41, 5.74) is 6.70. The van der Waals surface area contributed by atoms with Gasteiger partial charge in [0.25, 0.3) is 0 Å². The fourth-order valence-electron chi connectivity index (χ4n) is 1.77. The van der Waals surface area contributed by atoms with E-state index in [1.54, 1.807) is 13.2 Å². The van der Waals surface area contributed by atoms with E-state index >= 15 is 0 Å². The Balaban J connectivity index is 2.37. The highest BCUT2D eigenvalue weighted by Crippen LogP contribution is 2.35. The largest absolute Gasteiger partial charge is 0.497 e. The van der Waals surface area contributed by atoms with Gasteiger partial charge in [-0.1, -0.05) is 30.0 Å². The minimum Gasteiger partial charge on any atom is -0.497 e. The lowest BCUT2D eigenvalue weighted by molar-refractivity contribution is 0.413. The summed E-state index contributed by atoms with van der Waals surface area (Å²) in [5, 5.41) is 0. The molecule has 0 aliphatic heterocycles. The van der Waals surface area contributed by atoms with Crippen LogP contribution in [0, 0.1) is 5.82 Å². The van der Waals surface area contributed by atoms with Crippen LogP contribution in [0.2, 0.25) is 0 Å². The lowest BCUT2D eigenvalue weighted by Gasteiger charge is -2.13. The molecule has 2 aromatic rings. The molecular formula is C15H16FNOS. The topological polar surface area (TPSA) is 35.2 Å². The second kappa shape index (κ2) is 6.08. The lowest BCUT2D eigenvalue weighted by atomic mass is 10.1. The van der Waals surface area contributed by atoms with E-state index < -0.39 is 0 Å². The second-order valence-corrected chi connectivity index (χ2v) is 5.31. The number of ether oxygens (including phenoxy) is 1. The van der Waals surface area contributed by atoms with Crippen molar-refractivity contribution in [3.63, 3.8) is 0 Å². The third-order valence-electron chi connectivity index (χ3n) is 2.75. The standard InChI is InChI=1S/C15H16FNOS/c1-10(17)13-7-4-8-14(16)15(13)19-12-6-3-5-11(9-12)18-2/h3-10H,17H2,1-2H3/t10-/m1/s1. The number of methoxy groups -OCH3 is 1. The number of hydrogen-bond donors (Lipinski definition) is 1. The van der Waals surface area contributed by atoms with Crippen LogP contribution in [0.15, 0.2) is 52.3 Å². The fraction of sp³-hybridized carbons (Fsp3) is 0.200. The van der Waals surface area contributed by atoms with Crippen molar-refractivity contribution in [2.24, 2.45) is 5.73 Å². The summed E-state index contributed by atoms with van der Waals surface area (Å²) in [5.74, 6) is 0.506. The van der Waals surface area contributed by atoms with Crippen molar-refractivity contribution in [3.05, 3.63) is 53.8 Å². The van der Waals surface area contributed by atoms with E-state index in [9.17, 15) is 4.39 Å². The highest BCUT2D eigenvalue weighted by Gasteiger charge is 2.13. The Bertz CT molecular complexity index is 572. The van der Waals surface area contributed by atoms with Gasteiger partial charge in [-0.3, -0.25) is 0 Å². The normalized spacial score (nSPS) is 12.2. The Kier molecular flexibility index (Phi) is 4.45. The molecule has 0 aliphatic rings. The minimum absolute atomic E-state index is 0.205. The van der Waals surface area contributed by atoms with Crippen LogP contribution in [0.1, 0.15) is 18.5 Å². The highest BCUT2D eigenvalue weighted by atomic mass is 32.2. The molecule has 2 rings (SSSR count). The minimum atomic E-state index is -0.248. The van der Waals surface area contributed by atoms with Crippen LogP contribution in [0.5, 0.6) is 5.75 Å². The van der Waals surface area contributed by atoms with E-state index in [-0.39, 0.29) is 11.9 Å². The Hall–Kier alpha value is -1.52. The molecule has 0 bridgehead atoms. The summed E-state index contributed by atoms with van der Waals surface area (Å²) in [6.07, 6.45) is 0. The van der Waals surface area contributed by atoms with Gasteiger partial charge in [0.05, 0.1) is 12.0 Å². The van der Waals surface area contributed by atoms with Gasteiger partial charge >= 0.3 is 0 Å². The van der Waals surface area contributed by atoms with Gasteiger partial charge in [-0.15, -0.1) is 0 Å². The Labute approximate surface area is 116 Å². The van der Waals surface area contributed by atoms with Crippen molar-refractivity contribution >= 4 is 11.8 Å². The maximum absolute atomic E-state index is 14.0. The molecule has 0 aliphatic carbocycles. The van der Waals surface area contributed by atoms with Gasteiger partial charge in [-0.2, -0.15) is 0 Å². The number of benzene rings is 2. The van der Waals surface area contributed by atoms with Crippen molar-refractivity contribution in [2.45, 2.75) is 22.8 Å². The zero-order valence-electron chi connectivity index (χ0n) is 10.9. The molecule has 1 atom stereocenters. The van der Waals surface area contributed by atoms with E-state index in [2.05, 4.69) is 0 Å². The van der Waals surface area contributed by atoms with Gasteiger partial charge in [-0.25, -0.2) is 4.39 Å². The fourth-order valence-corrected chi connectivity index (χ4v) is 2.87. The molecule has 2 aromatic carbocycles. The van der Waals surface area contributed by atoms with Gasteiger partial charge in [0.15, 0.2) is 0 Å². The highest BCUT2D eigenvalue weighted by molar-refractivity contribution is 7.99. The molecule has 4 heteroatoms. The molecular weight excluding hydrogens is 261 g/mol. The van der Waals surface area contributed by atoms with Crippen LogP contribution in [0.25, 0.3) is 0 Å². The third kappa shape index (κ3) is 3.28. The first-order valence-electron chi connectivity index (χ1n) is 5.97. The molecule has 0 heterocycles. The number of rotatable bonds is 4. The zero-order chi connectivity index (χ0) is 13.8. The smallest absolute Gasteiger partial charge is 0.137 e. The molecule has 0 saturated heterocycles. The molecule has 0 amide bonds. The van der Waals surface area contributed by atoms with Crippen LogP contribution < -0.4 is 10.5 Å². The first-order valence-corrected chi connectivity index (χ1v) is 6.79. The Morgan fingerprint density at radius 2 is 1.95 bits per heavy atom. The van der Waals surface area contributed by atoms with E-state index in [1.807, 2.05) is 37.3 Å². The van der Waals surface area contributed by atoms with Crippen molar-refractivity contribution in [1.29, 1.82) is 0 Å². The van der Waals surface area contributed by atoms with E-state index in [0.29, 0.717) is 4.90 Å². The van der Waals surface area contributed by atoms with Crippen LogP contribution in [-0.4, -0.2) is 7.11 Å². The van der Waals surface area contributed by atoms with Gasteiger partial charge in [0.2, 0.25) is 0 Å². The first-order chi connectivity index (χ1) is 9.11. The van der Waals surface area contributed by atoms with Gasteiger partial charge < -0.3 is 10.5 Å².